The van der Waals surface area contributed by atoms with Crippen LogP contribution >= 0.6 is 11.6 Å². The van der Waals surface area contributed by atoms with Gasteiger partial charge in [0.2, 0.25) is 11.8 Å². The van der Waals surface area contributed by atoms with E-state index in [1.807, 2.05) is 54.6 Å². The predicted molar refractivity (Wildman–Crippen MR) is 129 cm³/mol. The maximum Gasteiger partial charge on any atom is 0.251 e. The third-order valence-electron chi connectivity index (χ3n) is 5.38. The summed E-state index contributed by atoms with van der Waals surface area (Å²) in [6.07, 6.45) is 0.340. The lowest BCUT2D eigenvalue weighted by Crippen LogP contribution is -2.29. The highest BCUT2D eigenvalue weighted by molar-refractivity contribution is 6.36. The molecule has 33 heavy (non-hydrogen) atoms. The van der Waals surface area contributed by atoms with Crippen LogP contribution in [0.3, 0.4) is 0 Å². The number of hydrogen-bond acceptors (Lipinski definition) is 5. The van der Waals surface area contributed by atoms with E-state index in [1.165, 1.54) is 6.07 Å². The Morgan fingerprint density at radius 1 is 0.939 bits per heavy atom. The lowest BCUT2D eigenvalue weighted by atomic mass is 10.0. The molecule has 1 heterocycles. The van der Waals surface area contributed by atoms with Crippen LogP contribution in [-0.4, -0.2) is 17.7 Å². The van der Waals surface area contributed by atoms with E-state index in [2.05, 4.69) is 10.6 Å². The fourth-order valence-corrected chi connectivity index (χ4v) is 3.99. The fourth-order valence-electron chi connectivity index (χ4n) is 3.73. The summed E-state index contributed by atoms with van der Waals surface area (Å²) in [6.45, 7) is 0.393. The van der Waals surface area contributed by atoms with Crippen molar-refractivity contribution in [2.75, 3.05) is 15.5 Å². The first-order valence-corrected chi connectivity index (χ1v) is 10.9. The van der Waals surface area contributed by atoms with Crippen molar-refractivity contribution >= 4 is 46.4 Å². The molecule has 1 aliphatic heterocycles. The maximum atomic E-state index is 13.3. The minimum absolute atomic E-state index is 0.170. The third-order valence-corrected chi connectivity index (χ3v) is 5.68. The van der Waals surface area contributed by atoms with Crippen LogP contribution in [0.4, 0.5) is 17.1 Å². The number of nitrogens with two attached hydrogens (primary N) is 1. The monoisotopic (exact) mass is 462 g/mol. The van der Waals surface area contributed by atoms with Crippen molar-refractivity contribution in [2.45, 2.75) is 25.4 Å². The number of nitrogens with one attached hydrogen (secondary N) is 2. The van der Waals surface area contributed by atoms with Gasteiger partial charge in [-0.05, 0) is 41.5 Å². The van der Waals surface area contributed by atoms with Gasteiger partial charge >= 0.3 is 0 Å². The standard InChI is InChI=1S/C25H23ClN4O3/c26-20-14-19(9-10-21(20)30-22(31)11-12-23(30)32)29-25(33)24(17-6-2-1-3-7-17)28-18-8-4-5-16(13-18)15-27/h1-10,13-14,24,28H,11-12,15,27H2,(H,29,33). The summed E-state index contributed by atoms with van der Waals surface area (Å²) in [5.41, 5.74) is 9.01. The van der Waals surface area contributed by atoms with E-state index in [4.69, 9.17) is 17.3 Å². The molecule has 3 aromatic carbocycles. The van der Waals surface area contributed by atoms with Gasteiger partial charge in [-0.15, -0.1) is 0 Å². The second-order valence-corrected chi connectivity index (χ2v) is 8.08. The number of nitrogens with zero attached hydrogens (tertiary/aromatic N) is 1. The van der Waals surface area contributed by atoms with E-state index in [9.17, 15) is 14.4 Å². The number of carbonyl (C=O) groups excluding carboxylic acids is 3. The van der Waals surface area contributed by atoms with Gasteiger partial charge in [-0.3, -0.25) is 14.4 Å². The van der Waals surface area contributed by atoms with Crippen LogP contribution in [-0.2, 0) is 20.9 Å². The minimum atomic E-state index is -0.681. The molecule has 4 rings (SSSR count). The van der Waals surface area contributed by atoms with Gasteiger partial charge in [0.1, 0.15) is 6.04 Å². The van der Waals surface area contributed by atoms with Crippen molar-refractivity contribution in [3.63, 3.8) is 0 Å². The largest absolute Gasteiger partial charge is 0.370 e. The Labute approximate surface area is 196 Å². The first kappa shape index (κ1) is 22.5. The molecule has 1 aliphatic rings. The molecule has 3 amide bonds. The molecule has 3 aromatic rings. The molecule has 168 valence electrons. The lowest BCUT2D eigenvalue weighted by Gasteiger charge is -2.21. The van der Waals surface area contributed by atoms with Crippen LogP contribution in [0.2, 0.25) is 5.02 Å². The third kappa shape index (κ3) is 5.05. The highest BCUT2D eigenvalue weighted by Gasteiger charge is 2.31. The number of halogens is 1. The zero-order chi connectivity index (χ0) is 23.4. The summed E-state index contributed by atoms with van der Waals surface area (Å²) in [5.74, 6) is -0.866. The Balaban J connectivity index is 1.57. The summed E-state index contributed by atoms with van der Waals surface area (Å²) in [6, 6.07) is 21.0. The van der Waals surface area contributed by atoms with Crippen molar-refractivity contribution in [3.8, 4) is 0 Å². The van der Waals surface area contributed by atoms with E-state index in [-0.39, 0.29) is 35.6 Å². The van der Waals surface area contributed by atoms with Crippen LogP contribution in [0.15, 0.2) is 72.8 Å². The van der Waals surface area contributed by atoms with Gasteiger partial charge < -0.3 is 16.4 Å². The number of carbonyl (C=O) groups is 3. The number of amides is 3. The molecule has 7 nitrogen and oxygen atoms in total. The van der Waals surface area contributed by atoms with Crippen molar-refractivity contribution in [2.24, 2.45) is 5.73 Å². The molecular weight excluding hydrogens is 440 g/mol. The second kappa shape index (κ2) is 9.85. The Bertz CT molecular complexity index is 1180. The average molecular weight is 463 g/mol. The van der Waals surface area contributed by atoms with Gasteiger partial charge in [0.05, 0.1) is 10.7 Å². The lowest BCUT2D eigenvalue weighted by molar-refractivity contribution is -0.121. The number of benzene rings is 3. The molecule has 1 saturated heterocycles. The number of anilines is 3. The Morgan fingerprint density at radius 2 is 1.67 bits per heavy atom. The molecule has 0 radical (unpaired) electrons. The van der Waals surface area contributed by atoms with Crippen molar-refractivity contribution in [3.05, 3.63) is 88.9 Å². The zero-order valence-electron chi connectivity index (χ0n) is 17.8. The molecule has 1 fully saturated rings. The predicted octanol–water partition coefficient (Wildman–Crippen LogP) is 4.24. The fraction of sp³-hybridized carbons (Fsp3) is 0.160. The normalized spacial score (nSPS) is 14.3. The summed E-state index contributed by atoms with van der Waals surface area (Å²) >= 11 is 6.36. The molecule has 0 spiro atoms. The molecule has 0 aromatic heterocycles. The first-order chi connectivity index (χ1) is 16.0. The molecule has 0 saturated carbocycles. The van der Waals surface area contributed by atoms with Gasteiger partial charge in [-0.2, -0.15) is 0 Å². The van der Waals surface area contributed by atoms with E-state index in [1.54, 1.807) is 12.1 Å². The average Bonchev–Trinajstić information content (AvgIpc) is 3.16. The molecule has 0 bridgehead atoms. The Hall–Kier alpha value is -3.68. The molecule has 1 unspecified atom stereocenters. The second-order valence-electron chi connectivity index (χ2n) is 7.67. The van der Waals surface area contributed by atoms with Crippen LogP contribution in [0.5, 0.6) is 0 Å². The number of rotatable bonds is 7. The Kier molecular flexibility index (Phi) is 6.72. The van der Waals surface area contributed by atoms with Crippen LogP contribution in [0.1, 0.15) is 30.0 Å². The number of hydrogen-bond donors (Lipinski definition) is 3. The van der Waals surface area contributed by atoms with E-state index in [0.717, 1.165) is 21.7 Å². The van der Waals surface area contributed by atoms with Gasteiger partial charge in [0, 0.05) is 30.8 Å². The van der Waals surface area contributed by atoms with Gasteiger partial charge in [-0.25, -0.2) is 4.90 Å². The molecule has 4 N–H and O–H groups in total. The van der Waals surface area contributed by atoms with Crippen molar-refractivity contribution < 1.29 is 14.4 Å². The van der Waals surface area contributed by atoms with Crippen LogP contribution < -0.4 is 21.3 Å². The van der Waals surface area contributed by atoms with Crippen molar-refractivity contribution in [1.29, 1.82) is 0 Å². The quantitative estimate of drug-likeness (QED) is 0.455. The highest BCUT2D eigenvalue weighted by atomic mass is 35.5. The van der Waals surface area contributed by atoms with E-state index >= 15 is 0 Å². The van der Waals surface area contributed by atoms with E-state index in [0.29, 0.717) is 17.9 Å². The maximum absolute atomic E-state index is 13.3. The van der Waals surface area contributed by atoms with Gasteiger partial charge in [-0.1, -0.05) is 54.1 Å². The Morgan fingerprint density at radius 3 is 2.33 bits per heavy atom. The van der Waals surface area contributed by atoms with E-state index < -0.39 is 6.04 Å². The molecule has 0 aliphatic carbocycles. The van der Waals surface area contributed by atoms with Crippen LogP contribution in [0.25, 0.3) is 0 Å². The SMILES string of the molecule is NCc1cccc(NC(C(=O)Nc2ccc(N3C(=O)CCC3=O)c(Cl)c2)c2ccccc2)c1. The minimum Gasteiger partial charge on any atom is -0.370 e. The zero-order valence-corrected chi connectivity index (χ0v) is 18.5. The summed E-state index contributed by atoms with van der Waals surface area (Å²) in [4.78, 5) is 38.4. The van der Waals surface area contributed by atoms with Crippen molar-refractivity contribution in [1.82, 2.24) is 0 Å². The summed E-state index contributed by atoms with van der Waals surface area (Å²) < 4.78 is 0. The number of imide groups is 1. The van der Waals surface area contributed by atoms with Gasteiger partial charge in [0.25, 0.3) is 5.91 Å². The van der Waals surface area contributed by atoms with Gasteiger partial charge in [0.15, 0.2) is 0 Å². The summed E-state index contributed by atoms with van der Waals surface area (Å²) in [7, 11) is 0. The highest BCUT2D eigenvalue weighted by Crippen LogP contribution is 2.33. The van der Waals surface area contributed by atoms with Crippen LogP contribution in [0, 0.1) is 0 Å². The first-order valence-electron chi connectivity index (χ1n) is 10.5. The molecule has 8 heteroatoms. The summed E-state index contributed by atoms with van der Waals surface area (Å²) in [5, 5.41) is 6.35. The molecule has 1 atom stereocenters. The molecular formula is C25H23ClN4O3. The smallest absolute Gasteiger partial charge is 0.251 e. The topological polar surface area (TPSA) is 105 Å².